The molecule has 38 heavy (non-hydrogen) atoms. The molecule has 0 aliphatic carbocycles. The number of hydrogen-bond donors (Lipinski definition) is 0. The maximum absolute atomic E-state index is 4.49. The molecule has 1 aromatic heterocycles. The van der Waals surface area contributed by atoms with Crippen molar-refractivity contribution in [3.63, 3.8) is 0 Å². The normalized spacial score (nSPS) is 13.6. The average Bonchev–Trinajstić information content (AvgIpc) is 3.43. The Kier molecular flexibility index (Phi) is 5.68. The van der Waals surface area contributed by atoms with Crippen LogP contribution in [0.1, 0.15) is 22.3 Å². The monoisotopic (exact) mass is 571 g/mol. The number of fused-ring (bicyclic) bond motifs is 2. The van der Waals surface area contributed by atoms with Crippen LogP contribution in [0.25, 0.3) is 11.4 Å². The lowest BCUT2D eigenvalue weighted by Crippen LogP contribution is -2.37. The molecule has 5 heteroatoms. The van der Waals surface area contributed by atoms with Crippen molar-refractivity contribution >= 4 is 44.5 Å². The van der Waals surface area contributed by atoms with Crippen molar-refractivity contribution < 1.29 is 0 Å². The van der Waals surface area contributed by atoms with Crippen LogP contribution in [0.15, 0.2) is 137 Å². The van der Waals surface area contributed by atoms with Crippen LogP contribution in [-0.2, 0) is 5.41 Å². The molecule has 0 spiro atoms. The van der Waals surface area contributed by atoms with Gasteiger partial charge in [-0.05, 0) is 86.1 Å². The fraction of sp³-hybridized carbons (Fsp3) is 0.0303. The van der Waals surface area contributed by atoms with E-state index in [0.717, 1.165) is 21.0 Å². The summed E-state index contributed by atoms with van der Waals surface area (Å²) in [4.78, 5) is 6.87. The molecule has 0 saturated heterocycles. The first kappa shape index (κ1) is 23.1. The van der Waals surface area contributed by atoms with Crippen LogP contribution in [0, 0.1) is 0 Å². The van der Waals surface area contributed by atoms with Crippen LogP contribution in [0.4, 0.5) is 17.1 Å². The van der Waals surface area contributed by atoms with Crippen molar-refractivity contribution in [1.29, 1.82) is 0 Å². The lowest BCUT2D eigenvalue weighted by atomic mass is 9.62. The van der Waals surface area contributed by atoms with Gasteiger partial charge in [-0.25, -0.2) is 4.98 Å². The van der Waals surface area contributed by atoms with Crippen LogP contribution < -0.4 is 4.90 Å². The molecule has 0 atom stereocenters. The molecule has 0 bridgehead atoms. The van der Waals surface area contributed by atoms with Crippen molar-refractivity contribution in [2.45, 2.75) is 5.41 Å². The van der Waals surface area contributed by atoms with E-state index in [9.17, 15) is 0 Å². The second kappa shape index (κ2) is 9.35. The van der Waals surface area contributed by atoms with E-state index < -0.39 is 5.41 Å². The van der Waals surface area contributed by atoms with Crippen molar-refractivity contribution in [2.75, 3.05) is 4.90 Å². The zero-order valence-electron chi connectivity index (χ0n) is 20.3. The van der Waals surface area contributed by atoms with Gasteiger partial charge in [-0.1, -0.05) is 97.1 Å². The maximum Gasteiger partial charge on any atom is 0.179 e. The second-order valence-electron chi connectivity index (χ2n) is 9.27. The van der Waals surface area contributed by atoms with Crippen molar-refractivity contribution in [1.82, 2.24) is 9.36 Å². The molecule has 5 aromatic carbocycles. The van der Waals surface area contributed by atoms with E-state index >= 15 is 0 Å². The highest BCUT2D eigenvalue weighted by Gasteiger charge is 2.46. The third-order valence-corrected chi connectivity index (χ3v) is 8.41. The molecule has 6 aromatic rings. The highest BCUT2D eigenvalue weighted by atomic mass is 79.9. The van der Waals surface area contributed by atoms with E-state index in [0.29, 0.717) is 0 Å². The van der Waals surface area contributed by atoms with Crippen LogP contribution in [0.5, 0.6) is 0 Å². The van der Waals surface area contributed by atoms with Gasteiger partial charge in [-0.3, -0.25) is 0 Å². The standard InChI is InChI=1S/C33H22BrN3S/c34-32-35-31(36-38-32)23-19-21-26(22-20-23)37-29-17-9-7-15-27(29)33(24-11-3-1-4-12-24,25-13-5-2-6-14-25)28-16-8-10-18-30(28)37/h1-22H. The molecule has 0 amide bonds. The van der Waals surface area contributed by atoms with E-state index in [1.54, 1.807) is 0 Å². The number of halogens is 1. The largest absolute Gasteiger partial charge is 0.310 e. The molecule has 0 radical (unpaired) electrons. The number of hydrogen-bond acceptors (Lipinski definition) is 4. The van der Waals surface area contributed by atoms with E-state index in [1.807, 2.05) is 0 Å². The predicted octanol–water partition coefficient (Wildman–Crippen LogP) is 9.13. The minimum absolute atomic E-state index is 0.455. The van der Waals surface area contributed by atoms with E-state index in [4.69, 9.17) is 0 Å². The Hall–Kier alpha value is -4.06. The van der Waals surface area contributed by atoms with E-state index in [2.05, 4.69) is 164 Å². The number of nitrogens with zero attached hydrogens (tertiary/aromatic N) is 3. The molecule has 0 saturated carbocycles. The summed E-state index contributed by atoms with van der Waals surface area (Å²) < 4.78 is 5.24. The Morgan fingerprint density at radius 2 is 1.08 bits per heavy atom. The van der Waals surface area contributed by atoms with Gasteiger partial charge in [0, 0.05) is 11.3 Å². The summed E-state index contributed by atoms with van der Waals surface area (Å²) in [5.74, 6) is 0.736. The Morgan fingerprint density at radius 3 is 1.58 bits per heavy atom. The third-order valence-electron chi connectivity index (χ3n) is 7.30. The van der Waals surface area contributed by atoms with Crippen LogP contribution in [0.2, 0.25) is 0 Å². The molecule has 7 rings (SSSR count). The Bertz CT molecular complexity index is 1640. The summed E-state index contributed by atoms with van der Waals surface area (Å²) in [6.45, 7) is 0. The summed E-state index contributed by atoms with van der Waals surface area (Å²) >= 11 is 4.78. The van der Waals surface area contributed by atoms with Gasteiger partial charge < -0.3 is 4.90 Å². The lowest BCUT2D eigenvalue weighted by molar-refractivity contribution is 0.731. The highest BCUT2D eigenvalue weighted by Crippen LogP contribution is 2.57. The Labute approximate surface area is 234 Å². The van der Waals surface area contributed by atoms with Gasteiger partial charge in [0.2, 0.25) is 0 Å². The second-order valence-corrected chi connectivity index (χ2v) is 11.3. The molecule has 3 nitrogen and oxygen atoms in total. The molecule has 0 unspecified atom stereocenters. The number of benzene rings is 5. The summed E-state index contributed by atoms with van der Waals surface area (Å²) in [5.41, 5.74) is 8.98. The van der Waals surface area contributed by atoms with Crippen LogP contribution >= 0.6 is 27.5 Å². The summed E-state index contributed by atoms with van der Waals surface area (Å²) in [7, 11) is 0. The first-order chi connectivity index (χ1) is 18.8. The SMILES string of the molecule is Brc1nc(-c2ccc(N3c4ccccc4C(c4ccccc4)(c4ccccc4)c4ccccc43)cc2)ns1. The predicted molar refractivity (Wildman–Crippen MR) is 160 cm³/mol. The van der Waals surface area contributed by atoms with Gasteiger partial charge in [0.1, 0.15) is 0 Å². The van der Waals surface area contributed by atoms with Crippen LogP contribution in [0.3, 0.4) is 0 Å². The Morgan fingerprint density at radius 1 is 0.579 bits per heavy atom. The Balaban J connectivity index is 1.50. The minimum Gasteiger partial charge on any atom is -0.310 e. The smallest absolute Gasteiger partial charge is 0.179 e. The summed E-state index contributed by atoms with van der Waals surface area (Å²) in [5, 5.41) is 0. The molecule has 182 valence electrons. The fourth-order valence-electron chi connectivity index (χ4n) is 5.77. The van der Waals surface area contributed by atoms with Gasteiger partial charge in [-0.15, -0.1) is 0 Å². The average molecular weight is 573 g/mol. The molecule has 0 N–H and O–H groups in total. The zero-order chi connectivity index (χ0) is 25.5. The van der Waals surface area contributed by atoms with Gasteiger partial charge in [0.15, 0.2) is 9.74 Å². The molecular formula is C33H22BrN3S. The van der Waals surface area contributed by atoms with E-state index in [-0.39, 0.29) is 0 Å². The number of anilines is 3. The van der Waals surface area contributed by atoms with Crippen molar-refractivity contribution in [3.8, 4) is 11.4 Å². The topological polar surface area (TPSA) is 29.0 Å². The van der Waals surface area contributed by atoms with Crippen LogP contribution in [-0.4, -0.2) is 9.36 Å². The fourth-order valence-corrected chi connectivity index (χ4v) is 6.59. The van der Waals surface area contributed by atoms with Gasteiger partial charge in [-0.2, -0.15) is 4.37 Å². The molecule has 1 aliphatic rings. The van der Waals surface area contributed by atoms with Gasteiger partial charge >= 0.3 is 0 Å². The number of rotatable bonds is 4. The maximum atomic E-state index is 4.49. The minimum atomic E-state index is -0.455. The third kappa shape index (κ3) is 3.54. The summed E-state index contributed by atoms with van der Waals surface area (Å²) in [6, 6.07) is 47.9. The van der Waals surface area contributed by atoms with Gasteiger partial charge in [0.25, 0.3) is 0 Å². The first-order valence-corrected chi connectivity index (χ1v) is 14.0. The molecule has 2 heterocycles. The van der Waals surface area contributed by atoms with E-state index in [1.165, 1.54) is 45.2 Å². The highest BCUT2D eigenvalue weighted by molar-refractivity contribution is 9.11. The number of aromatic nitrogens is 2. The zero-order valence-corrected chi connectivity index (χ0v) is 22.7. The first-order valence-electron chi connectivity index (χ1n) is 12.5. The van der Waals surface area contributed by atoms with Crippen molar-refractivity contribution in [2.24, 2.45) is 0 Å². The van der Waals surface area contributed by atoms with Crippen molar-refractivity contribution in [3.05, 3.63) is 160 Å². The quantitative estimate of drug-likeness (QED) is 0.211. The molecule has 0 fully saturated rings. The molecule has 1 aliphatic heterocycles. The molecular weight excluding hydrogens is 550 g/mol. The number of para-hydroxylation sites is 2. The summed E-state index contributed by atoms with van der Waals surface area (Å²) in [6.07, 6.45) is 0. The van der Waals surface area contributed by atoms with Gasteiger partial charge in [0.05, 0.1) is 16.8 Å². The lowest BCUT2D eigenvalue weighted by Gasteiger charge is -2.46.